The summed E-state index contributed by atoms with van der Waals surface area (Å²) in [6.45, 7) is 0. The Morgan fingerprint density at radius 3 is 2.42 bits per heavy atom. The number of para-hydroxylation sites is 1. The first kappa shape index (κ1) is 17.7. The third-order valence-electron chi connectivity index (χ3n) is 6.38. The van der Waals surface area contributed by atoms with Crippen molar-refractivity contribution in [3.05, 3.63) is 98.2 Å². The summed E-state index contributed by atoms with van der Waals surface area (Å²) in [5.74, 6) is 0.190. The first-order chi connectivity index (χ1) is 15.0. The van der Waals surface area contributed by atoms with Crippen LogP contribution in [0.25, 0.3) is 10.8 Å². The van der Waals surface area contributed by atoms with Gasteiger partial charge in [0.2, 0.25) is 11.8 Å². The summed E-state index contributed by atoms with van der Waals surface area (Å²) in [4.78, 5) is 40.0. The number of amides is 1. The van der Waals surface area contributed by atoms with Gasteiger partial charge in [0, 0.05) is 30.9 Å². The Balaban J connectivity index is 1.92. The highest BCUT2D eigenvalue weighted by Crippen LogP contribution is 2.56. The number of carbonyl (C=O) groups excluding carboxylic acids is 1. The van der Waals surface area contributed by atoms with Gasteiger partial charge in [0.15, 0.2) is 0 Å². The standard InChI is InChI=1S/C24H17N3O4/c1-26-20(28)19-21(27(2)23(26)30)31-17-12-11-13-7-3-4-8-14(13)18(17)24(19)15-9-5-6-10-16(15)25-22(24)29/h3-12H,1-2H3,(H,25,29). The number of benzene rings is 3. The molecule has 6 rings (SSSR count). The van der Waals surface area contributed by atoms with Crippen molar-refractivity contribution >= 4 is 22.4 Å². The average Bonchev–Trinajstić information content (AvgIpc) is 3.08. The van der Waals surface area contributed by atoms with Crippen LogP contribution in [0.2, 0.25) is 0 Å². The van der Waals surface area contributed by atoms with Gasteiger partial charge in [0.05, 0.1) is 0 Å². The van der Waals surface area contributed by atoms with E-state index < -0.39 is 16.7 Å². The van der Waals surface area contributed by atoms with E-state index in [1.165, 1.54) is 11.6 Å². The van der Waals surface area contributed by atoms with Crippen LogP contribution in [0.1, 0.15) is 16.7 Å². The highest BCUT2D eigenvalue weighted by atomic mass is 16.5. The van der Waals surface area contributed by atoms with Gasteiger partial charge in [-0.05, 0) is 22.9 Å². The fraction of sp³-hybridized carbons (Fsp3) is 0.125. The molecule has 1 atom stereocenters. The Kier molecular flexibility index (Phi) is 3.27. The first-order valence-electron chi connectivity index (χ1n) is 9.87. The normalized spacial score (nSPS) is 18.3. The minimum absolute atomic E-state index is 0.0859. The van der Waals surface area contributed by atoms with Crippen molar-refractivity contribution in [3.8, 4) is 11.6 Å². The van der Waals surface area contributed by atoms with E-state index in [1.54, 1.807) is 13.1 Å². The van der Waals surface area contributed by atoms with Crippen molar-refractivity contribution in [2.75, 3.05) is 5.32 Å². The molecule has 4 aromatic rings. The molecule has 0 fully saturated rings. The van der Waals surface area contributed by atoms with Crippen LogP contribution in [0.4, 0.5) is 5.69 Å². The zero-order valence-corrected chi connectivity index (χ0v) is 16.8. The lowest BCUT2D eigenvalue weighted by Crippen LogP contribution is -2.49. The number of aromatic nitrogens is 2. The van der Waals surface area contributed by atoms with Gasteiger partial charge in [-0.2, -0.15) is 0 Å². The van der Waals surface area contributed by atoms with Gasteiger partial charge in [-0.25, -0.2) is 4.79 Å². The van der Waals surface area contributed by atoms with Gasteiger partial charge in [0.1, 0.15) is 16.7 Å². The number of nitrogens with zero attached hydrogens (tertiary/aromatic N) is 2. The molecule has 3 aromatic carbocycles. The minimum atomic E-state index is -1.44. The average molecular weight is 411 g/mol. The van der Waals surface area contributed by atoms with E-state index in [4.69, 9.17) is 4.74 Å². The molecule has 152 valence electrons. The lowest BCUT2D eigenvalue weighted by molar-refractivity contribution is -0.118. The smallest absolute Gasteiger partial charge is 0.333 e. The van der Waals surface area contributed by atoms with Gasteiger partial charge in [-0.3, -0.25) is 18.7 Å². The Morgan fingerprint density at radius 2 is 1.58 bits per heavy atom. The summed E-state index contributed by atoms with van der Waals surface area (Å²) >= 11 is 0. The number of anilines is 1. The monoisotopic (exact) mass is 411 g/mol. The molecular formula is C24H17N3O4. The number of rotatable bonds is 0. The van der Waals surface area contributed by atoms with Crippen LogP contribution < -0.4 is 21.3 Å². The van der Waals surface area contributed by atoms with Gasteiger partial charge >= 0.3 is 5.69 Å². The van der Waals surface area contributed by atoms with E-state index in [0.717, 1.165) is 15.3 Å². The van der Waals surface area contributed by atoms with E-state index in [-0.39, 0.29) is 17.4 Å². The van der Waals surface area contributed by atoms with Crippen molar-refractivity contribution in [1.29, 1.82) is 0 Å². The molecule has 7 heteroatoms. The molecule has 0 aliphatic carbocycles. The molecule has 1 unspecified atom stereocenters. The maximum absolute atomic E-state index is 13.8. The zero-order chi connectivity index (χ0) is 21.5. The molecule has 0 bridgehead atoms. The first-order valence-corrected chi connectivity index (χ1v) is 9.87. The maximum Gasteiger partial charge on any atom is 0.333 e. The fourth-order valence-corrected chi connectivity index (χ4v) is 4.97. The second-order valence-electron chi connectivity index (χ2n) is 7.90. The number of hydrogen-bond donors (Lipinski definition) is 1. The van der Waals surface area contributed by atoms with Crippen LogP contribution >= 0.6 is 0 Å². The number of fused-ring (bicyclic) bond motifs is 8. The second kappa shape index (κ2) is 5.72. The molecule has 1 N–H and O–H groups in total. The molecule has 1 spiro atoms. The number of nitrogens with one attached hydrogen (secondary N) is 1. The van der Waals surface area contributed by atoms with Crippen molar-refractivity contribution in [3.63, 3.8) is 0 Å². The molecule has 2 aliphatic heterocycles. The van der Waals surface area contributed by atoms with Crippen LogP contribution in [-0.4, -0.2) is 15.0 Å². The predicted molar refractivity (Wildman–Crippen MR) is 116 cm³/mol. The Labute approximate surface area is 176 Å². The van der Waals surface area contributed by atoms with Gasteiger partial charge in [-0.15, -0.1) is 0 Å². The van der Waals surface area contributed by atoms with E-state index in [0.29, 0.717) is 22.6 Å². The van der Waals surface area contributed by atoms with Crippen LogP contribution in [0.15, 0.2) is 70.3 Å². The van der Waals surface area contributed by atoms with Crippen LogP contribution in [0.3, 0.4) is 0 Å². The highest BCUT2D eigenvalue weighted by Gasteiger charge is 2.57. The molecule has 3 heterocycles. The van der Waals surface area contributed by atoms with Crippen molar-refractivity contribution in [2.45, 2.75) is 5.41 Å². The van der Waals surface area contributed by atoms with Crippen molar-refractivity contribution in [2.24, 2.45) is 14.1 Å². The summed E-state index contributed by atoms with van der Waals surface area (Å²) in [5.41, 5.74) is -0.466. The Bertz CT molecular complexity index is 1580. The van der Waals surface area contributed by atoms with Gasteiger partial charge in [-0.1, -0.05) is 48.5 Å². The fourth-order valence-electron chi connectivity index (χ4n) is 4.97. The van der Waals surface area contributed by atoms with Crippen LogP contribution in [0, 0.1) is 0 Å². The summed E-state index contributed by atoms with van der Waals surface area (Å²) in [6, 6.07) is 18.7. The van der Waals surface area contributed by atoms with E-state index >= 15 is 0 Å². The number of carbonyl (C=O) groups is 1. The molecule has 0 saturated carbocycles. The summed E-state index contributed by atoms with van der Waals surface area (Å²) in [7, 11) is 2.95. The molecular weight excluding hydrogens is 394 g/mol. The van der Waals surface area contributed by atoms with E-state index in [9.17, 15) is 14.4 Å². The molecule has 7 nitrogen and oxygen atoms in total. The minimum Gasteiger partial charge on any atom is -0.440 e. The highest BCUT2D eigenvalue weighted by molar-refractivity contribution is 6.15. The third kappa shape index (κ3) is 1.95. The number of ether oxygens (including phenoxy) is 1. The second-order valence-corrected chi connectivity index (χ2v) is 7.90. The van der Waals surface area contributed by atoms with Gasteiger partial charge < -0.3 is 10.1 Å². The topological polar surface area (TPSA) is 82.3 Å². The van der Waals surface area contributed by atoms with E-state index in [1.807, 2.05) is 54.6 Å². The SMILES string of the molecule is Cn1c2c(c(=O)n(C)c1=O)C1(C(=O)Nc3ccccc31)c1c(ccc3ccccc13)O2. The molecule has 1 amide bonds. The molecule has 2 aliphatic rings. The number of hydrogen-bond acceptors (Lipinski definition) is 4. The Hall–Kier alpha value is -4.13. The Morgan fingerprint density at radius 1 is 0.839 bits per heavy atom. The maximum atomic E-state index is 13.8. The van der Waals surface area contributed by atoms with E-state index in [2.05, 4.69) is 5.32 Å². The third-order valence-corrected chi connectivity index (χ3v) is 6.38. The molecule has 31 heavy (non-hydrogen) atoms. The van der Waals surface area contributed by atoms with Crippen molar-refractivity contribution < 1.29 is 9.53 Å². The van der Waals surface area contributed by atoms with Crippen LogP contribution in [0.5, 0.6) is 11.6 Å². The van der Waals surface area contributed by atoms with Crippen molar-refractivity contribution in [1.82, 2.24) is 9.13 Å². The zero-order valence-electron chi connectivity index (χ0n) is 16.8. The summed E-state index contributed by atoms with van der Waals surface area (Å²) < 4.78 is 8.46. The summed E-state index contributed by atoms with van der Waals surface area (Å²) in [6.07, 6.45) is 0. The molecule has 0 radical (unpaired) electrons. The lowest BCUT2D eigenvalue weighted by atomic mass is 9.68. The molecule has 0 saturated heterocycles. The van der Waals surface area contributed by atoms with Gasteiger partial charge in [0.25, 0.3) is 5.56 Å². The quantitative estimate of drug-likeness (QED) is 0.482. The molecule has 1 aromatic heterocycles. The lowest BCUT2D eigenvalue weighted by Gasteiger charge is -2.36. The largest absolute Gasteiger partial charge is 0.440 e. The predicted octanol–water partition coefficient (Wildman–Crippen LogP) is 2.63. The van der Waals surface area contributed by atoms with Crippen LogP contribution in [-0.2, 0) is 24.3 Å². The summed E-state index contributed by atoms with van der Waals surface area (Å²) in [5, 5.41) is 4.69.